The number of carbonyl (C=O) groups is 1. The second kappa shape index (κ2) is 8.24. The third-order valence-electron chi connectivity index (χ3n) is 3.94. The molecular weight excluding hydrogens is 292 g/mol. The van der Waals surface area contributed by atoms with Crippen LogP contribution in [0.3, 0.4) is 0 Å². The van der Waals surface area contributed by atoms with Gasteiger partial charge in [0, 0.05) is 43.9 Å². The average Bonchev–Trinajstić information content (AvgIpc) is 2.72. The highest BCUT2D eigenvalue weighted by atomic mass is 16.5. The first-order valence-electron chi connectivity index (χ1n) is 8.48. The van der Waals surface area contributed by atoms with E-state index in [-0.39, 0.29) is 5.97 Å². The number of hydrogen-bond acceptors (Lipinski definition) is 6. The predicted octanol–water partition coefficient (Wildman–Crippen LogP) is 1.98. The minimum absolute atomic E-state index is 0.138. The standard InChI is InChI=1S/C17H28N4O2/c1-5-23-16(22)12-20-7-6-8-21(10-9-20)15-11-14(4)18-17(19-15)13(2)3/h11,13H,5-10,12H2,1-4H3. The van der Waals surface area contributed by atoms with Gasteiger partial charge in [0.1, 0.15) is 11.6 Å². The highest BCUT2D eigenvalue weighted by Gasteiger charge is 2.19. The van der Waals surface area contributed by atoms with Crippen LogP contribution in [-0.4, -0.2) is 60.2 Å². The zero-order valence-electron chi connectivity index (χ0n) is 14.7. The lowest BCUT2D eigenvalue weighted by Gasteiger charge is -2.23. The second-order valence-corrected chi connectivity index (χ2v) is 6.30. The van der Waals surface area contributed by atoms with Crippen LogP contribution >= 0.6 is 0 Å². The van der Waals surface area contributed by atoms with Crippen molar-refractivity contribution in [3.63, 3.8) is 0 Å². The number of aromatic nitrogens is 2. The maximum absolute atomic E-state index is 11.6. The lowest BCUT2D eigenvalue weighted by molar-refractivity contribution is -0.144. The first kappa shape index (κ1) is 17.7. The minimum atomic E-state index is -0.138. The Kier molecular flexibility index (Phi) is 6.33. The highest BCUT2D eigenvalue weighted by molar-refractivity contribution is 5.71. The topological polar surface area (TPSA) is 58.6 Å². The lowest BCUT2D eigenvalue weighted by Crippen LogP contribution is -2.35. The lowest BCUT2D eigenvalue weighted by atomic mass is 10.2. The van der Waals surface area contributed by atoms with E-state index in [0.717, 1.165) is 49.9 Å². The molecule has 0 atom stereocenters. The normalized spacial score (nSPS) is 16.5. The highest BCUT2D eigenvalue weighted by Crippen LogP contribution is 2.18. The summed E-state index contributed by atoms with van der Waals surface area (Å²) in [6, 6.07) is 2.05. The van der Waals surface area contributed by atoms with E-state index < -0.39 is 0 Å². The molecule has 2 rings (SSSR count). The molecule has 0 bridgehead atoms. The van der Waals surface area contributed by atoms with Gasteiger partial charge < -0.3 is 9.64 Å². The van der Waals surface area contributed by atoms with Crippen molar-refractivity contribution in [2.24, 2.45) is 0 Å². The van der Waals surface area contributed by atoms with E-state index in [2.05, 4.69) is 28.6 Å². The van der Waals surface area contributed by atoms with Gasteiger partial charge in [0.25, 0.3) is 0 Å². The summed E-state index contributed by atoms with van der Waals surface area (Å²) in [5.74, 6) is 2.08. The molecule has 6 nitrogen and oxygen atoms in total. The van der Waals surface area contributed by atoms with Crippen LogP contribution in [0.25, 0.3) is 0 Å². The number of anilines is 1. The van der Waals surface area contributed by atoms with Gasteiger partial charge in [-0.2, -0.15) is 0 Å². The molecule has 1 aromatic rings. The van der Waals surface area contributed by atoms with E-state index in [1.807, 2.05) is 19.9 Å². The van der Waals surface area contributed by atoms with Gasteiger partial charge in [-0.15, -0.1) is 0 Å². The van der Waals surface area contributed by atoms with Crippen LogP contribution in [0.15, 0.2) is 6.07 Å². The number of rotatable bonds is 5. The van der Waals surface area contributed by atoms with Gasteiger partial charge in [-0.1, -0.05) is 13.8 Å². The summed E-state index contributed by atoms with van der Waals surface area (Å²) in [5, 5.41) is 0. The number of carbonyl (C=O) groups excluding carboxylic acids is 1. The SMILES string of the molecule is CCOC(=O)CN1CCCN(c2cc(C)nc(C(C)C)n2)CC1. The number of esters is 1. The maximum Gasteiger partial charge on any atom is 0.320 e. The van der Waals surface area contributed by atoms with E-state index in [0.29, 0.717) is 19.1 Å². The molecule has 23 heavy (non-hydrogen) atoms. The Morgan fingerprint density at radius 1 is 1.26 bits per heavy atom. The molecule has 0 spiro atoms. The molecular formula is C17H28N4O2. The summed E-state index contributed by atoms with van der Waals surface area (Å²) >= 11 is 0. The molecule has 0 unspecified atom stereocenters. The van der Waals surface area contributed by atoms with Gasteiger partial charge in [-0.25, -0.2) is 9.97 Å². The predicted molar refractivity (Wildman–Crippen MR) is 90.8 cm³/mol. The number of nitrogens with zero attached hydrogens (tertiary/aromatic N) is 4. The summed E-state index contributed by atoms with van der Waals surface area (Å²) in [5.41, 5.74) is 1.01. The van der Waals surface area contributed by atoms with Gasteiger partial charge in [0.15, 0.2) is 0 Å². The fourth-order valence-electron chi connectivity index (χ4n) is 2.74. The summed E-state index contributed by atoms with van der Waals surface area (Å²) in [4.78, 5) is 25.3. The number of aryl methyl sites for hydroxylation is 1. The fourth-order valence-corrected chi connectivity index (χ4v) is 2.74. The Morgan fingerprint density at radius 3 is 2.74 bits per heavy atom. The molecule has 128 valence electrons. The van der Waals surface area contributed by atoms with E-state index in [9.17, 15) is 4.79 Å². The van der Waals surface area contributed by atoms with Gasteiger partial charge in [0.2, 0.25) is 0 Å². The van der Waals surface area contributed by atoms with Crippen LogP contribution in [0, 0.1) is 6.92 Å². The number of ether oxygens (including phenoxy) is 1. The zero-order valence-corrected chi connectivity index (χ0v) is 14.7. The van der Waals surface area contributed by atoms with E-state index in [4.69, 9.17) is 9.72 Å². The summed E-state index contributed by atoms with van der Waals surface area (Å²) in [6.45, 7) is 12.5. The quantitative estimate of drug-likeness (QED) is 0.773. The molecule has 0 saturated carbocycles. The van der Waals surface area contributed by atoms with Crippen LogP contribution in [0.4, 0.5) is 5.82 Å². The van der Waals surface area contributed by atoms with Gasteiger partial charge in [-0.3, -0.25) is 9.69 Å². The molecule has 2 heterocycles. The van der Waals surface area contributed by atoms with E-state index in [1.54, 1.807) is 0 Å². The Balaban J connectivity index is 2.01. The Bertz CT molecular complexity index is 533. The van der Waals surface area contributed by atoms with E-state index in [1.165, 1.54) is 0 Å². The Labute approximate surface area is 138 Å². The van der Waals surface area contributed by atoms with Crippen LogP contribution in [-0.2, 0) is 9.53 Å². The van der Waals surface area contributed by atoms with Crippen molar-refractivity contribution in [1.82, 2.24) is 14.9 Å². The molecule has 0 amide bonds. The molecule has 0 aromatic carbocycles. The smallest absolute Gasteiger partial charge is 0.320 e. The molecule has 0 N–H and O–H groups in total. The monoisotopic (exact) mass is 320 g/mol. The Morgan fingerprint density at radius 2 is 2.04 bits per heavy atom. The molecule has 6 heteroatoms. The van der Waals surface area contributed by atoms with Crippen LogP contribution < -0.4 is 4.90 Å². The summed E-state index contributed by atoms with van der Waals surface area (Å²) in [7, 11) is 0. The van der Waals surface area contributed by atoms with Gasteiger partial charge >= 0.3 is 5.97 Å². The second-order valence-electron chi connectivity index (χ2n) is 6.30. The van der Waals surface area contributed by atoms with Crippen LogP contribution in [0.5, 0.6) is 0 Å². The molecule has 1 aliphatic rings. The first-order valence-corrected chi connectivity index (χ1v) is 8.48. The van der Waals surface area contributed by atoms with Gasteiger partial charge in [-0.05, 0) is 20.3 Å². The van der Waals surface area contributed by atoms with Crippen molar-refractivity contribution in [2.75, 3.05) is 44.2 Å². The van der Waals surface area contributed by atoms with Crippen molar-refractivity contribution in [2.45, 2.75) is 40.0 Å². The van der Waals surface area contributed by atoms with Crippen LogP contribution in [0.2, 0.25) is 0 Å². The van der Waals surface area contributed by atoms with Crippen LogP contribution in [0.1, 0.15) is 44.6 Å². The summed E-state index contributed by atoms with van der Waals surface area (Å²) < 4.78 is 5.04. The van der Waals surface area contributed by atoms with E-state index >= 15 is 0 Å². The molecule has 1 saturated heterocycles. The van der Waals surface area contributed by atoms with Crippen molar-refractivity contribution in [3.05, 3.63) is 17.6 Å². The molecule has 0 radical (unpaired) electrons. The minimum Gasteiger partial charge on any atom is -0.465 e. The summed E-state index contributed by atoms with van der Waals surface area (Å²) in [6.07, 6.45) is 1.01. The molecule has 1 aliphatic heterocycles. The van der Waals surface area contributed by atoms with Crippen molar-refractivity contribution in [3.8, 4) is 0 Å². The maximum atomic E-state index is 11.6. The Hall–Kier alpha value is -1.69. The zero-order chi connectivity index (χ0) is 16.8. The van der Waals surface area contributed by atoms with Crippen molar-refractivity contribution in [1.29, 1.82) is 0 Å². The third-order valence-corrected chi connectivity index (χ3v) is 3.94. The largest absolute Gasteiger partial charge is 0.465 e. The first-order chi connectivity index (χ1) is 11.0. The van der Waals surface area contributed by atoms with Gasteiger partial charge in [0.05, 0.1) is 13.2 Å². The van der Waals surface area contributed by atoms with Crippen molar-refractivity contribution < 1.29 is 9.53 Å². The average molecular weight is 320 g/mol. The fraction of sp³-hybridized carbons (Fsp3) is 0.706. The van der Waals surface area contributed by atoms with Crippen molar-refractivity contribution >= 4 is 11.8 Å². The molecule has 1 aromatic heterocycles. The number of hydrogen-bond donors (Lipinski definition) is 0. The third kappa shape index (κ3) is 5.16. The molecule has 0 aliphatic carbocycles. The molecule has 1 fully saturated rings.